The maximum Gasteiger partial charge on any atom is 0.0925 e. The molecule has 0 aliphatic carbocycles. The van der Waals surface area contributed by atoms with Crippen LogP contribution in [0.3, 0.4) is 0 Å². The average Bonchev–Trinajstić information content (AvgIpc) is 2.34. The van der Waals surface area contributed by atoms with Crippen molar-refractivity contribution >= 4 is 0 Å². The first-order chi connectivity index (χ1) is 4.75. The van der Waals surface area contributed by atoms with E-state index in [0.29, 0.717) is 12.5 Å². The summed E-state index contributed by atoms with van der Waals surface area (Å²) in [5, 5.41) is 0. The first-order valence-corrected chi connectivity index (χ1v) is 3.45. The van der Waals surface area contributed by atoms with Crippen molar-refractivity contribution in [3.05, 3.63) is 17.7 Å². The van der Waals surface area contributed by atoms with Gasteiger partial charge in [0.2, 0.25) is 0 Å². The standard InChI is InChI=1S/C7H13N3/c1-5(3-8)7-6(2)9-4-10-7/h4-5H,3,8H2,1-2H3,(H,9,10). The molecule has 1 atom stereocenters. The van der Waals surface area contributed by atoms with Gasteiger partial charge in [-0.15, -0.1) is 0 Å². The van der Waals surface area contributed by atoms with Gasteiger partial charge in [0.25, 0.3) is 0 Å². The number of imidazole rings is 1. The maximum absolute atomic E-state index is 5.48. The van der Waals surface area contributed by atoms with Gasteiger partial charge in [0.1, 0.15) is 0 Å². The van der Waals surface area contributed by atoms with E-state index in [4.69, 9.17) is 5.73 Å². The van der Waals surface area contributed by atoms with Crippen molar-refractivity contribution in [1.82, 2.24) is 9.97 Å². The highest BCUT2D eigenvalue weighted by Gasteiger charge is 2.07. The number of aromatic amines is 1. The van der Waals surface area contributed by atoms with E-state index in [1.807, 2.05) is 6.92 Å². The molecule has 1 unspecified atom stereocenters. The number of rotatable bonds is 2. The van der Waals surface area contributed by atoms with Gasteiger partial charge in [-0.2, -0.15) is 0 Å². The molecule has 0 spiro atoms. The fourth-order valence-electron chi connectivity index (χ4n) is 0.978. The van der Waals surface area contributed by atoms with Gasteiger partial charge in [-0.05, 0) is 6.92 Å². The van der Waals surface area contributed by atoms with E-state index in [0.717, 1.165) is 11.4 Å². The predicted molar refractivity (Wildman–Crippen MR) is 40.8 cm³/mol. The van der Waals surface area contributed by atoms with Crippen LogP contribution in [0, 0.1) is 6.92 Å². The molecular formula is C7H13N3. The fourth-order valence-corrected chi connectivity index (χ4v) is 0.978. The monoisotopic (exact) mass is 139 g/mol. The minimum absolute atomic E-state index is 0.367. The molecule has 1 rings (SSSR count). The van der Waals surface area contributed by atoms with Crippen LogP contribution >= 0.6 is 0 Å². The summed E-state index contributed by atoms with van der Waals surface area (Å²) < 4.78 is 0. The molecule has 0 aliphatic rings. The normalized spacial score (nSPS) is 13.5. The molecular weight excluding hydrogens is 126 g/mol. The van der Waals surface area contributed by atoms with E-state index >= 15 is 0 Å². The molecule has 10 heavy (non-hydrogen) atoms. The molecule has 1 aromatic rings. The van der Waals surface area contributed by atoms with Gasteiger partial charge >= 0.3 is 0 Å². The van der Waals surface area contributed by atoms with Crippen molar-refractivity contribution in [3.8, 4) is 0 Å². The molecule has 0 radical (unpaired) electrons. The van der Waals surface area contributed by atoms with Crippen molar-refractivity contribution in [2.45, 2.75) is 19.8 Å². The smallest absolute Gasteiger partial charge is 0.0925 e. The van der Waals surface area contributed by atoms with Gasteiger partial charge in [-0.3, -0.25) is 0 Å². The minimum Gasteiger partial charge on any atom is -0.348 e. The van der Waals surface area contributed by atoms with Crippen LogP contribution < -0.4 is 5.73 Å². The van der Waals surface area contributed by atoms with Crippen LogP contribution in [0.1, 0.15) is 24.2 Å². The Morgan fingerprint density at radius 2 is 2.50 bits per heavy atom. The van der Waals surface area contributed by atoms with E-state index in [-0.39, 0.29) is 0 Å². The molecule has 0 saturated heterocycles. The largest absolute Gasteiger partial charge is 0.348 e. The van der Waals surface area contributed by atoms with E-state index in [2.05, 4.69) is 16.9 Å². The Kier molecular flexibility index (Phi) is 2.06. The highest BCUT2D eigenvalue weighted by Crippen LogP contribution is 2.12. The van der Waals surface area contributed by atoms with Gasteiger partial charge in [0.15, 0.2) is 0 Å². The Morgan fingerprint density at radius 1 is 1.80 bits per heavy atom. The lowest BCUT2D eigenvalue weighted by Gasteiger charge is -2.04. The summed E-state index contributed by atoms with van der Waals surface area (Å²) in [6.45, 7) is 4.74. The Balaban J connectivity index is 2.82. The number of aromatic nitrogens is 2. The third-order valence-electron chi connectivity index (χ3n) is 1.69. The van der Waals surface area contributed by atoms with Crippen LogP contribution in [0.5, 0.6) is 0 Å². The second-order valence-electron chi connectivity index (χ2n) is 2.55. The van der Waals surface area contributed by atoms with Crippen LogP contribution in [0.15, 0.2) is 6.33 Å². The van der Waals surface area contributed by atoms with Gasteiger partial charge < -0.3 is 10.7 Å². The van der Waals surface area contributed by atoms with Gasteiger partial charge in [-0.25, -0.2) is 4.98 Å². The summed E-state index contributed by atoms with van der Waals surface area (Å²) in [6, 6.07) is 0. The van der Waals surface area contributed by atoms with E-state index in [1.54, 1.807) is 6.33 Å². The lowest BCUT2D eigenvalue weighted by Crippen LogP contribution is -2.10. The quantitative estimate of drug-likeness (QED) is 0.636. The Bertz CT molecular complexity index is 204. The summed E-state index contributed by atoms with van der Waals surface area (Å²) in [7, 11) is 0. The van der Waals surface area contributed by atoms with Crippen molar-refractivity contribution in [1.29, 1.82) is 0 Å². The maximum atomic E-state index is 5.48. The topological polar surface area (TPSA) is 54.7 Å². The van der Waals surface area contributed by atoms with Crippen LogP contribution in [-0.2, 0) is 0 Å². The zero-order chi connectivity index (χ0) is 7.56. The van der Waals surface area contributed by atoms with Crippen molar-refractivity contribution < 1.29 is 0 Å². The highest BCUT2D eigenvalue weighted by atomic mass is 14.9. The van der Waals surface area contributed by atoms with Crippen molar-refractivity contribution in [3.63, 3.8) is 0 Å². The molecule has 1 aromatic heterocycles. The van der Waals surface area contributed by atoms with Crippen LogP contribution in [0.4, 0.5) is 0 Å². The number of H-pyrrole nitrogens is 1. The number of hydrogen-bond acceptors (Lipinski definition) is 2. The molecule has 1 heterocycles. The molecule has 0 saturated carbocycles. The van der Waals surface area contributed by atoms with Gasteiger partial charge in [0, 0.05) is 18.2 Å². The third kappa shape index (κ3) is 1.19. The number of nitrogens with two attached hydrogens (primary N) is 1. The Morgan fingerprint density at radius 3 is 2.90 bits per heavy atom. The Hall–Kier alpha value is -0.830. The molecule has 0 bridgehead atoms. The fraction of sp³-hybridized carbons (Fsp3) is 0.571. The number of nitrogens with zero attached hydrogens (tertiary/aromatic N) is 1. The molecule has 0 fully saturated rings. The van der Waals surface area contributed by atoms with Crippen LogP contribution in [-0.4, -0.2) is 16.5 Å². The summed E-state index contributed by atoms with van der Waals surface area (Å²) in [5.41, 5.74) is 7.69. The Labute approximate surface area is 60.7 Å². The summed E-state index contributed by atoms with van der Waals surface area (Å²) in [5.74, 6) is 0.367. The van der Waals surface area contributed by atoms with E-state index < -0.39 is 0 Å². The van der Waals surface area contributed by atoms with Crippen LogP contribution in [0.2, 0.25) is 0 Å². The van der Waals surface area contributed by atoms with E-state index in [1.165, 1.54) is 0 Å². The minimum atomic E-state index is 0.367. The highest BCUT2D eigenvalue weighted by molar-refractivity contribution is 5.13. The molecule has 0 aliphatic heterocycles. The summed E-state index contributed by atoms with van der Waals surface area (Å²) in [6.07, 6.45) is 1.71. The lowest BCUT2D eigenvalue weighted by molar-refractivity contribution is 0.744. The van der Waals surface area contributed by atoms with E-state index in [9.17, 15) is 0 Å². The van der Waals surface area contributed by atoms with Crippen molar-refractivity contribution in [2.24, 2.45) is 5.73 Å². The second-order valence-corrected chi connectivity index (χ2v) is 2.55. The summed E-state index contributed by atoms with van der Waals surface area (Å²) >= 11 is 0. The van der Waals surface area contributed by atoms with Crippen molar-refractivity contribution in [2.75, 3.05) is 6.54 Å². The molecule has 3 heteroatoms. The molecule has 56 valence electrons. The SMILES string of the molecule is Cc1[nH]cnc1C(C)CN. The molecule has 3 N–H and O–H groups in total. The summed E-state index contributed by atoms with van der Waals surface area (Å²) in [4.78, 5) is 7.17. The first kappa shape index (κ1) is 7.28. The number of nitrogens with one attached hydrogen (secondary N) is 1. The van der Waals surface area contributed by atoms with Crippen LogP contribution in [0.25, 0.3) is 0 Å². The lowest BCUT2D eigenvalue weighted by atomic mass is 10.1. The average molecular weight is 139 g/mol. The zero-order valence-corrected chi connectivity index (χ0v) is 6.39. The molecule has 0 aromatic carbocycles. The molecule has 0 amide bonds. The first-order valence-electron chi connectivity index (χ1n) is 3.45. The second kappa shape index (κ2) is 2.84. The molecule has 3 nitrogen and oxygen atoms in total. The van der Waals surface area contributed by atoms with Gasteiger partial charge in [0.05, 0.1) is 12.0 Å². The number of hydrogen-bond donors (Lipinski definition) is 2. The zero-order valence-electron chi connectivity index (χ0n) is 6.39. The predicted octanol–water partition coefficient (Wildman–Crippen LogP) is 0.780. The van der Waals surface area contributed by atoms with Gasteiger partial charge in [-0.1, -0.05) is 6.92 Å². The third-order valence-corrected chi connectivity index (χ3v) is 1.69. The number of aryl methyl sites for hydroxylation is 1.